The summed E-state index contributed by atoms with van der Waals surface area (Å²) >= 11 is 0. The second-order valence-corrected chi connectivity index (χ2v) is 6.78. The molecule has 1 aromatic rings. The fraction of sp³-hybridized carbons (Fsp3) is 0.583. The molecule has 1 aliphatic carbocycles. The SMILES string of the molecule is O=[N+]([O-])c1ccc(S(=O)(=O)N(CCO)C2CCCC2)cn1. The first-order chi connectivity index (χ1) is 9.96. The molecule has 2 rings (SSSR count). The van der Waals surface area contributed by atoms with E-state index < -0.39 is 20.8 Å². The van der Waals surface area contributed by atoms with Gasteiger partial charge in [0.2, 0.25) is 10.0 Å². The number of hydrogen-bond donors (Lipinski definition) is 1. The third-order valence-electron chi connectivity index (χ3n) is 3.57. The first-order valence-corrected chi connectivity index (χ1v) is 8.14. The Kier molecular flexibility index (Phi) is 4.86. The topological polar surface area (TPSA) is 114 Å². The van der Waals surface area contributed by atoms with Crippen LogP contribution in [-0.4, -0.2) is 46.9 Å². The molecule has 0 atom stereocenters. The van der Waals surface area contributed by atoms with Crippen molar-refractivity contribution in [3.05, 3.63) is 28.4 Å². The Bertz CT molecular complexity index is 596. The maximum atomic E-state index is 12.6. The zero-order valence-corrected chi connectivity index (χ0v) is 12.2. The Morgan fingerprint density at radius 1 is 1.38 bits per heavy atom. The van der Waals surface area contributed by atoms with Crippen LogP contribution in [0.2, 0.25) is 0 Å². The Labute approximate surface area is 122 Å². The van der Waals surface area contributed by atoms with Crippen LogP contribution in [0.4, 0.5) is 5.82 Å². The van der Waals surface area contributed by atoms with Crippen molar-refractivity contribution in [3.8, 4) is 0 Å². The summed E-state index contributed by atoms with van der Waals surface area (Å²) in [7, 11) is -3.80. The minimum Gasteiger partial charge on any atom is -0.395 e. The minimum absolute atomic E-state index is 0.0178. The van der Waals surface area contributed by atoms with Crippen molar-refractivity contribution in [3.63, 3.8) is 0 Å². The lowest BCUT2D eigenvalue weighted by atomic mass is 10.2. The molecule has 21 heavy (non-hydrogen) atoms. The molecule has 1 aromatic heterocycles. The van der Waals surface area contributed by atoms with E-state index in [1.807, 2.05) is 0 Å². The van der Waals surface area contributed by atoms with Gasteiger partial charge in [-0.2, -0.15) is 4.31 Å². The highest BCUT2D eigenvalue weighted by Crippen LogP contribution is 2.28. The average molecular weight is 315 g/mol. The third-order valence-corrected chi connectivity index (χ3v) is 5.50. The third kappa shape index (κ3) is 3.36. The molecule has 0 spiro atoms. The summed E-state index contributed by atoms with van der Waals surface area (Å²) in [4.78, 5) is 13.3. The predicted octanol–water partition coefficient (Wildman–Crippen LogP) is 0.915. The van der Waals surface area contributed by atoms with Gasteiger partial charge in [-0.15, -0.1) is 0 Å². The lowest BCUT2D eigenvalue weighted by Crippen LogP contribution is -2.40. The number of aliphatic hydroxyl groups is 1. The second kappa shape index (κ2) is 6.46. The highest BCUT2D eigenvalue weighted by Gasteiger charge is 2.33. The molecular formula is C12H17N3O5S. The number of nitrogens with zero attached hydrogens (tertiary/aromatic N) is 3. The molecule has 0 radical (unpaired) electrons. The molecule has 0 aromatic carbocycles. The first kappa shape index (κ1) is 15.8. The molecule has 0 saturated heterocycles. The van der Waals surface area contributed by atoms with E-state index in [2.05, 4.69) is 4.98 Å². The standard InChI is InChI=1S/C12H17N3O5S/c16-8-7-14(10-3-1-2-4-10)21(19,20)11-5-6-12(13-9-11)15(17)18/h5-6,9-10,16H,1-4,7-8H2. The molecule has 1 heterocycles. The van der Waals surface area contributed by atoms with Crippen molar-refractivity contribution in [2.24, 2.45) is 0 Å². The molecule has 0 aliphatic heterocycles. The van der Waals surface area contributed by atoms with E-state index in [0.29, 0.717) is 0 Å². The summed E-state index contributed by atoms with van der Waals surface area (Å²) < 4.78 is 26.5. The number of rotatable bonds is 6. The zero-order chi connectivity index (χ0) is 15.5. The molecule has 1 fully saturated rings. The second-order valence-electron chi connectivity index (χ2n) is 4.89. The minimum atomic E-state index is -3.80. The van der Waals surface area contributed by atoms with Crippen LogP contribution in [0.5, 0.6) is 0 Å². The van der Waals surface area contributed by atoms with Crippen molar-refractivity contribution in [1.82, 2.24) is 9.29 Å². The highest BCUT2D eigenvalue weighted by molar-refractivity contribution is 7.89. The number of nitro groups is 1. The zero-order valence-electron chi connectivity index (χ0n) is 11.4. The molecule has 1 N–H and O–H groups in total. The van der Waals surface area contributed by atoms with E-state index in [4.69, 9.17) is 5.11 Å². The van der Waals surface area contributed by atoms with Gasteiger partial charge in [-0.1, -0.05) is 12.8 Å². The summed E-state index contributed by atoms with van der Waals surface area (Å²) in [5.41, 5.74) is 0. The van der Waals surface area contributed by atoms with Gasteiger partial charge in [0.25, 0.3) is 0 Å². The normalized spacial score (nSPS) is 16.5. The Hall–Kier alpha value is -1.58. The van der Waals surface area contributed by atoms with E-state index in [1.165, 1.54) is 10.4 Å². The van der Waals surface area contributed by atoms with Gasteiger partial charge >= 0.3 is 5.82 Å². The smallest absolute Gasteiger partial charge is 0.363 e. The van der Waals surface area contributed by atoms with Gasteiger partial charge in [-0.25, -0.2) is 8.42 Å². The van der Waals surface area contributed by atoms with E-state index >= 15 is 0 Å². The van der Waals surface area contributed by atoms with Crippen molar-refractivity contribution in [1.29, 1.82) is 0 Å². The summed E-state index contributed by atoms with van der Waals surface area (Å²) in [6, 6.07) is 2.12. The maximum Gasteiger partial charge on any atom is 0.363 e. The number of pyridine rings is 1. The quantitative estimate of drug-likeness (QED) is 0.616. The molecular weight excluding hydrogens is 298 g/mol. The van der Waals surface area contributed by atoms with Gasteiger partial charge in [-0.05, 0) is 28.8 Å². The largest absolute Gasteiger partial charge is 0.395 e. The highest BCUT2D eigenvalue weighted by atomic mass is 32.2. The number of aliphatic hydroxyl groups excluding tert-OH is 1. The van der Waals surface area contributed by atoms with Crippen molar-refractivity contribution < 1.29 is 18.4 Å². The molecule has 116 valence electrons. The van der Waals surface area contributed by atoms with Gasteiger partial charge in [-0.3, -0.25) is 0 Å². The molecule has 1 aliphatic rings. The van der Waals surface area contributed by atoms with Gasteiger partial charge in [0, 0.05) is 18.7 Å². The number of aromatic nitrogens is 1. The van der Waals surface area contributed by atoms with Gasteiger partial charge < -0.3 is 15.2 Å². The van der Waals surface area contributed by atoms with Crippen molar-refractivity contribution >= 4 is 15.8 Å². The summed E-state index contributed by atoms with van der Waals surface area (Å²) in [6.07, 6.45) is 4.44. The van der Waals surface area contributed by atoms with Crippen LogP contribution in [0.25, 0.3) is 0 Å². The molecule has 1 saturated carbocycles. The number of hydrogen-bond acceptors (Lipinski definition) is 6. The lowest BCUT2D eigenvalue weighted by molar-refractivity contribution is -0.389. The van der Waals surface area contributed by atoms with Gasteiger partial charge in [0.05, 0.1) is 6.61 Å². The van der Waals surface area contributed by atoms with Crippen LogP contribution < -0.4 is 0 Å². The molecule has 9 heteroatoms. The first-order valence-electron chi connectivity index (χ1n) is 6.70. The maximum absolute atomic E-state index is 12.6. The fourth-order valence-electron chi connectivity index (χ4n) is 2.56. The molecule has 0 unspecified atom stereocenters. The summed E-state index contributed by atoms with van der Waals surface area (Å²) in [5, 5.41) is 19.7. The van der Waals surface area contributed by atoms with Gasteiger partial charge in [0.15, 0.2) is 6.20 Å². The van der Waals surface area contributed by atoms with E-state index in [-0.39, 0.29) is 24.1 Å². The lowest BCUT2D eigenvalue weighted by Gasteiger charge is -2.26. The van der Waals surface area contributed by atoms with Gasteiger partial charge in [0.1, 0.15) is 4.90 Å². The van der Waals surface area contributed by atoms with Crippen molar-refractivity contribution in [2.45, 2.75) is 36.6 Å². The van der Waals surface area contributed by atoms with Crippen LogP contribution in [0.3, 0.4) is 0 Å². The van der Waals surface area contributed by atoms with Crippen LogP contribution in [0.1, 0.15) is 25.7 Å². The van der Waals surface area contributed by atoms with Crippen LogP contribution in [0, 0.1) is 10.1 Å². The Morgan fingerprint density at radius 3 is 2.52 bits per heavy atom. The Balaban J connectivity index is 2.30. The molecule has 8 nitrogen and oxygen atoms in total. The van der Waals surface area contributed by atoms with E-state index in [1.54, 1.807) is 0 Å². The van der Waals surface area contributed by atoms with E-state index in [9.17, 15) is 18.5 Å². The summed E-state index contributed by atoms with van der Waals surface area (Å²) in [6.45, 7) is -0.250. The summed E-state index contributed by atoms with van der Waals surface area (Å²) in [5.74, 6) is -0.400. The Morgan fingerprint density at radius 2 is 2.05 bits per heavy atom. The van der Waals surface area contributed by atoms with Crippen LogP contribution in [0.15, 0.2) is 23.2 Å². The number of sulfonamides is 1. The average Bonchev–Trinajstić information content (AvgIpc) is 2.98. The van der Waals surface area contributed by atoms with E-state index in [0.717, 1.165) is 37.9 Å². The van der Waals surface area contributed by atoms with Crippen LogP contribution >= 0.6 is 0 Å². The monoisotopic (exact) mass is 315 g/mol. The molecule has 0 amide bonds. The fourth-order valence-corrected chi connectivity index (χ4v) is 4.18. The predicted molar refractivity (Wildman–Crippen MR) is 74.1 cm³/mol. The molecule has 0 bridgehead atoms. The van der Waals surface area contributed by atoms with Crippen molar-refractivity contribution in [2.75, 3.05) is 13.2 Å². The van der Waals surface area contributed by atoms with Crippen LogP contribution in [-0.2, 0) is 10.0 Å².